The number of rotatable bonds is 4. The van der Waals surface area contributed by atoms with Crippen LogP contribution in [-0.4, -0.2) is 20.2 Å². The van der Waals surface area contributed by atoms with Gasteiger partial charge in [0.2, 0.25) is 10.0 Å². The van der Waals surface area contributed by atoms with Gasteiger partial charge in [0.25, 0.3) is 0 Å². The van der Waals surface area contributed by atoms with Crippen LogP contribution in [0.5, 0.6) is 0 Å². The van der Waals surface area contributed by atoms with Gasteiger partial charge in [-0.3, -0.25) is 4.79 Å². The van der Waals surface area contributed by atoms with Crippen molar-refractivity contribution in [2.75, 3.05) is 0 Å². The molecule has 0 unspecified atom stereocenters. The van der Waals surface area contributed by atoms with Crippen molar-refractivity contribution in [3.63, 3.8) is 0 Å². The molecule has 1 N–H and O–H groups in total. The van der Waals surface area contributed by atoms with E-state index in [-0.39, 0.29) is 16.7 Å². The predicted molar refractivity (Wildman–Crippen MR) is 78.3 cm³/mol. The van der Waals surface area contributed by atoms with Crippen molar-refractivity contribution in [1.82, 2.24) is 4.72 Å². The number of hydrogen-bond acceptors (Lipinski definition) is 3. The van der Waals surface area contributed by atoms with Crippen molar-refractivity contribution in [3.8, 4) is 0 Å². The maximum absolute atomic E-state index is 12.3. The first-order valence-corrected chi connectivity index (χ1v) is 8.61. The molecule has 1 aliphatic rings. The molecule has 4 nitrogen and oxygen atoms in total. The highest BCUT2D eigenvalue weighted by atomic mass is 32.2. The fourth-order valence-corrected chi connectivity index (χ4v) is 3.86. The van der Waals surface area contributed by atoms with Crippen LogP contribution in [0.15, 0.2) is 29.2 Å². The zero-order valence-corrected chi connectivity index (χ0v) is 12.6. The van der Waals surface area contributed by atoms with E-state index in [1.807, 2.05) is 0 Å². The third-order valence-corrected chi connectivity index (χ3v) is 5.28. The average Bonchev–Trinajstić information content (AvgIpc) is 2.67. The van der Waals surface area contributed by atoms with E-state index in [2.05, 4.69) is 4.72 Å². The van der Waals surface area contributed by atoms with Crippen molar-refractivity contribution in [1.29, 1.82) is 0 Å². The predicted octanol–water partition coefficient (Wildman–Crippen LogP) is 2.89. The van der Waals surface area contributed by atoms with Gasteiger partial charge in [0.1, 0.15) is 0 Å². The van der Waals surface area contributed by atoms with Gasteiger partial charge in [-0.15, -0.1) is 0 Å². The first-order valence-electron chi connectivity index (χ1n) is 7.12. The number of carbonyl (C=O) groups is 1. The highest BCUT2D eigenvalue weighted by Crippen LogP contribution is 2.19. The van der Waals surface area contributed by atoms with Gasteiger partial charge in [-0.05, 0) is 31.9 Å². The quantitative estimate of drug-likeness (QED) is 0.686. The van der Waals surface area contributed by atoms with Crippen LogP contribution >= 0.6 is 0 Å². The van der Waals surface area contributed by atoms with Crippen molar-refractivity contribution in [2.24, 2.45) is 0 Å². The summed E-state index contributed by atoms with van der Waals surface area (Å²) in [7, 11) is -3.48. The Balaban J connectivity index is 2.10. The summed E-state index contributed by atoms with van der Waals surface area (Å²) in [6.45, 7) is 1.47. The zero-order valence-electron chi connectivity index (χ0n) is 11.8. The molecule has 2 rings (SSSR count). The number of ketones is 1. The Hall–Kier alpha value is -1.20. The summed E-state index contributed by atoms with van der Waals surface area (Å²) in [6, 6.07) is 6.15. The van der Waals surface area contributed by atoms with Gasteiger partial charge in [-0.25, -0.2) is 13.1 Å². The molecule has 0 aromatic heterocycles. The molecule has 0 amide bonds. The van der Waals surface area contributed by atoms with Crippen LogP contribution in [-0.2, 0) is 10.0 Å². The number of hydrogen-bond donors (Lipinski definition) is 1. The van der Waals surface area contributed by atoms with Crippen molar-refractivity contribution >= 4 is 15.8 Å². The number of nitrogens with one attached hydrogen (secondary N) is 1. The lowest BCUT2D eigenvalue weighted by Crippen LogP contribution is -2.34. The fraction of sp³-hybridized carbons (Fsp3) is 0.533. The summed E-state index contributed by atoms with van der Waals surface area (Å²) >= 11 is 0. The molecule has 110 valence electrons. The monoisotopic (exact) mass is 295 g/mol. The molecule has 0 heterocycles. The lowest BCUT2D eigenvalue weighted by molar-refractivity contribution is 0.101. The molecule has 5 heteroatoms. The highest BCUT2D eigenvalue weighted by molar-refractivity contribution is 7.89. The van der Waals surface area contributed by atoms with Crippen molar-refractivity contribution < 1.29 is 13.2 Å². The Bertz CT molecular complexity index is 555. The summed E-state index contributed by atoms with van der Waals surface area (Å²) in [5.41, 5.74) is 0.526. The van der Waals surface area contributed by atoms with Gasteiger partial charge in [0.05, 0.1) is 4.90 Å². The molecule has 0 spiro atoms. The van der Waals surface area contributed by atoms with Crippen LogP contribution in [0.25, 0.3) is 0 Å². The van der Waals surface area contributed by atoms with Crippen LogP contribution in [0.4, 0.5) is 0 Å². The average molecular weight is 295 g/mol. The summed E-state index contributed by atoms with van der Waals surface area (Å²) in [6.07, 6.45) is 6.35. The lowest BCUT2D eigenvalue weighted by Gasteiger charge is -2.16. The topological polar surface area (TPSA) is 63.2 Å². The van der Waals surface area contributed by atoms with E-state index in [0.29, 0.717) is 5.56 Å². The molecular formula is C15H21NO3S. The molecule has 1 aromatic rings. The maximum atomic E-state index is 12.3. The number of carbonyl (C=O) groups excluding carboxylic acids is 1. The second-order valence-electron chi connectivity index (χ2n) is 5.39. The number of sulfonamides is 1. The minimum atomic E-state index is -3.48. The summed E-state index contributed by atoms with van der Waals surface area (Å²) < 4.78 is 27.4. The molecule has 0 saturated heterocycles. The van der Waals surface area contributed by atoms with Gasteiger partial charge in [-0.1, -0.05) is 37.8 Å². The molecule has 0 aliphatic heterocycles. The van der Waals surface area contributed by atoms with Crippen LogP contribution in [0.1, 0.15) is 55.8 Å². The van der Waals surface area contributed by atoms with E-state index in [0.717, 1.165) is 25.7 Å². The Kier molecular flexibility index (Phi) is 4.94. The standard InChI is InChI=1S/C15H21NO3S/c1-12(17)13-8-10-15(11-9-13)20(18,19)16-14-6-4-2-3-5-7-14/h8-11,14,16H,2-7H2,1H3. The van der Waals surface area contributed by atoms with Crippen LogP contribution in [0, 0.1) is 0 Å². The zero-order chi connectivity index (χ0) is 14.6. The summed E-state index contributed by atoms with van der Waals surface area (Å²) in [5, 5.41) is 0. The Labute approximate surface area is 120 Å². The van der Waals surface area contributed by atoms with E-state index in [4.69, 9.17) is 0 Å². The van der Waals surface area contributed by atoms with E-state index < -0.39 is 10.0 Å². The molecule has 1 fully saturated rings. The second kappa shape index (κ2) is 6.50. The molecule has 1 aromatic carbocycles. The van der Waals surface area contributed by atoms with E-state index in [1.165, 1.54) is 31.9 Å². The first kappa shape index (κ1) is 15.2. The van der Waals surface area contributed by atoms with Gasteiger partial charge in [-0.2, -0.15) is 0 Å². The SMILES string of the molecule is CC(=O)c1ccc(S(=O)(=O)NC2CCCCCC2)cc1. The molecule has 0 radical (unpaired) electrons. The normalized spacial score (nSPS) is 17.6. The van der Waals surface area contributed by atoms with E-state index >= 15 is 0 Å². The lowest BCUT2D eigenvalue weighted by atomic mass is 10.1. The van der Waals surface area contributed by atoms with Crippen LogP contribution in [0.2, 0.25) is 0 Å². The molecule has 1 saturated carbocycles. The number of benzene rings is 1. The highest BCUT2D eigenvalue weighted by Gasteiger charge is 2.21. The Morgan fingerprint density at radius 2 is 1.60 bits per heavy atom. The summed E-state index contributed by atoms with van der Waals surface area (Å²) in [4.78, 5) is 11.4. The van der Waals surface area contributed by atoms with Gasteiger partial charge >= 0.3 is 0 Å². The van der Waals surface area contributed by atoms with Gasteiger partial charge < -0.3 is 0 Å². The molecule has 20 heavy (non-hydrogen) atoms. The van der Waals surface area contributed by atoms with Crippen LogP contribution < -0.4 is 4.72 Å². The largest absolute Gasteiger partial charge is 0.295 e. The minimum Gasteiger partial charge on any atom is -0.295 e. The fourth-order valence-electron chi connectivity index (χ4n) is 2.55. The van der Waals surface area contributed by atoms with E-state index in [9.17, 15) is 13.2 Å². The second-order valence-corrected chi connectivity index (χ2v) is 7.10. The molecule has 1 aliphatic carbocycles. The molecule has 0 atom stereocenters. The molecular weight excluding hydrogens is 274 g/mol. The maximum Gasteiger partial charge on any atom is 0.240 e. The van der Waals surface area contributed by atoms with E-state index in [1.54, 1.807) is 12.1 Å². The Morgan fingerprint density at radius 3 is 2.10 bits per heavy atom. The van der Waals surface area contributed by atoms with Gasteiger partial charge in [0, 0.05) is 11.6 Å². The van der Waals surface area contributed by atoms with Crippen molar-refractivity contribution in [3.05, 3.63) is 29.8 Å². The summed E-state index contributed by atoms with van der Waals surface area (Å²) in [5.74, 6) is -0.0642. The smallest absolute Gasteiger partial charge is 0.240 e. The van der Waals surface area contributed by atoms with Gasteiger partial charge in [0.15, 0.2) is 5.78 Å². The minimum absolute atomic E-state index is 0.0370. The Morgan fingerprint density at radius 1 is 1.05 bits per heavy atom. The third kappa shape index (κ3) is 3.90. The number of Topliss-reactive ketones (excluding diaryl/α,β-unsaturated/α-hetero) is 1. The first-order chi connectivity index (χ1) is 9.49. The van der Waals surface area contributed by atoms with Crippen molar-refractivity contribution in [2.45, 2.75) is 56.4 Å². The van der Waals surface area contributed by atoms with Crippen LogP contribution in [0.3, 0.4) is 0 Å². The molecule has 0 bridgehead atoms. The third-order valence-electron chi connectivity index (χ3n) is 3.75.